The lowest BCUT2D eigenvalue weighted by Gasteiger charge is -2.26. The molecule has 0 radical (unpaired) electrons. The van der Waals surface area contributed by atoms with Gasteiger partial charge in [-0.15, -0.1) is 11.8 Å². The maximum atomic E-state index is 13.0. The Morgan fingerprint density at radius 2 is 2.30 bits per heavy atom. The van der Waals surface area contributed by atoms with Crippen LogP contribution < -0.4 is 5.32 Å². The Kier molecular flexibility index (Phi) is 5.05. The fourth-order valence-corrected chi connectivity index (χ4v) is 2.99. The molecule has 110 valence electrons. The van der Waals surface area contributed by atoms with E-state index >= 15 is 0 Å². The predicted molar refractivity (Wildman–Crippen MR) is 78.6 cm³/mol. The van der Waals surface area contributed by atoms with Gasteiger partial charge in [0, 0.05) is 10.9 Å². The zero-order chi connectivity index (χ0) is 14.6. The Bertz CT molecular complexity index is 479. The number of nitrogens with one attached hydrogen (secondary N) is 1. The van der Waals surface area contributed by atoms with E-state index in [1.165, 1.54) is 12.1 Å². The number of hydrogen-bond donors (Lipinski definition) is 2. The van der Waals surface area contributed by atoms with Crippen LogP contribution in [0.25, 0.3) is 0 Å². The third-order valence-electron chi connectivity index (χ3n) is 3.46. The highest BCUT2D eigenvalue weighted by molar-refractivity contribution is 7.99. The second-order valence-electron chi connectivity index (χ2n) is 5.47. The molecule has 2 rings (SSSR count). The monoisotopic (exact) mass is 297 g/mol. The van der Waals surface area contributed by atoms with Crippen molar-refractivity contribution in [2.24, 2.45) is 0 Å². The van der Waals surface area contributed by atoms with Gasteiger partial charge in [0.05, 0.1) is 0 Å². The van der Waals surface area contributed by atoms with Gasteiger partial charge in [-0.1, -0.05) is 6.07 Å². The lowest BCUT2D eigenvalue weighted by molar-refractivity contribution is -0.144. The average Bonchev–Trinajstić information content (AvgIpc) is 3.18. The first-order valence-electron chi connectivity index (χ1n) is 6.89. The number of rotatable bonds is 8. The van der Waals surface area contributed by atoms with Crippen LogP contribution >= 0.6 is 11.8 Å². The third-order valence-corrected chi connectivity index (χ3v) is 4.54. The molecule has 0 aromatic heterocycles. The summed E-state index contributed by atoms with van der Waals surface area (Å²) in [4.78, 5) is 12.3. The van der Waals surface area contributed by atoms with Crippen molar-refractivity contribution in [2.75, 3.05) is 5.75 Å². The summed E-state index contributed by atoms with van der Waals surface area (Å²) in [5.74, 6) is -0.237. The van der Waals surface area contributed by atoms with Crippen molar-refractivity contribution in [1.29, 1.82) is 0 Å². The maximum absolute atomic E-state index is 13.0. The lowest BCUT2D eigenvalue weighted by atomic mass is 9.96. The standard InChI is InChI=1S/C15H20FNO2S/c1-15(14(18)19,17-12-6-7-12)8-3-9-20-13-5-2-4-11(16)10-13/h2,4-5,10,12,17H,3,6-9H2,1H3,(H,18,19). The maximum Gasteiger partial charge on any atom is 0.323 e. The molecule has 1 aliphatic carbocycles. The summed E-state index contributed by atoms with van der Waals surface area (Å²) in [5.41, 5.74) is -0.844. The molecule has 0 spiro atoms. The zero-order valence-corrected chi connectivity index (χ0v) is 12.4. The number of hydrogen-bond acceptors (Lipinski definition) is 3. The highest BCUT2D eigenvalue weighted by Crippen LogP contribution is 2.26. The van der Waals surface area contributed by atoms with Gasteiger partial charge in [-0.2, -0.15) is 0 Å². The van der Waals surface area contributed by atoms with Crippen molar-refractivity contribution >= 4 is 17.7 Å². The van der Waals surface area contributed by atoms with E-state index in [0.29, 0.717) is 12.5 Å². The normalized spacial score (nSPS) is 17.7. The molecule has 0 saturated heterocycles. The lowest BCUT2D eigenvalue weighted by Crippen LogP contribution is -2.50. The van der Waals surface area contributed by atoms with Crippen LogP contribution in [0.4, 0.5) is 4.39 Å². The second-order valence-corrected chi connectivity index (χ2v) is 6.63. The van der Waals surface area contributed by atoms with Crippen molar-refractivity contribution in [3.8, 4) is 0 Å². The molecule has 1 atom stereocenters. The molecule has 20 heavy (non-hydrogen) atoms. The van der Waals surface area contributed by atoms with Crippen LogP contribution in [0.1, 0.15) is 32.6 Å². The van der Waals surface area contributed by atoms with Crippen LogP contribution in [0.2, 0.25) is 0 Å². The summed E-state index contributed by atoms with van der Waals surface area (Å²) in [7, 11) is 0. The number of thioether (sulfide) groups is 1. The molecule has 0 aliphatic heterocycles. The minimum atomic E-state index is -0.844. The van der Waals surface area contributed by atoms with Gasteiger partial charge in [0.1, 0.15) is 11.4 Å². The number of benzene rings is 1. The Balaban J connectivity index is 1.77. The molecule has 3 nitrogen and oxygen atoms in total. The van der Waals surface area contributed by atoms with Crippen LogP contribution in [0.3, 0.4) is 0 Å². The van der Waals surface area contributed by atoms with E-state index in [-0.39, 0.29) is 5.82 Å². The topological polar surface area (TPSA) is 49.3 Å². The molecular formula is C15H20FNO2S. The summed E-state index contributed by atoms with van der Waals surface area (Å²) in [5, 5.41) is 12.5. The molecule has 0 bridgehead atoms. The van der Waals surface area contributed by atoms with Gasteiger partial charge < -0.3 is 5.11 Å². The summed E-state index contributed by atoms with van der Waals surface area (Å²) < 4.78 is 13.0. The SMILES string of the molecule is CC(CCCSc1cccc(F)c1)(NC1CC1)C(=O)O. The first-order chi connectivity index (χ1) is 9.49. The van der Waals surface area contributed by atoms with Crippen LogP contribution in [0.5, 0.6) is 0 Å². The quantitative estimate of drug-likeness (QED) is 0.571. The highest BCUT2D eigenvalue weighted by Gasteiger charge is 2.37. The van der Waals surface area contributed by atoms with Crippen molar-refractivity contribution in [3.05, 3.63) is 30.1 Å². The Morgan fingerprint density at radius 1 is 1.55 bits per heavy atom. The van der Waals surface area contributed by atoms with Crippen molar-refractivity contribution in [1.82, 2.24) is 5.32 Å². The minimum Gasteiger partial charge on any atom is -0.480 e. The van der Waals surface area contributed by atoms with E-state index in [1.54, 1.807) is 24.8 Å². The van der Waals surface area contributed by atoms with Gasteiger partial charge in [-0.05, 0) is 56.6 Å². The highest BCUT2D eigenvalue weighted by atomic mass is 32.2. The molecule has 1 aliphatic rings. The fourth-order valence-electron chi connectivity index (χ4n) is 2.09. The van der Waals surface area contributed by atoms with E-state index < -0.39 is 11.5 Å². The van der Waals surface area contributed by atoms with E-state index in [1.807, 2.05) is 6.07 Å². The van der Waals surface area contributed by atoms with Gasteiger partial charge in [-0.3, -0.25) is 10.1 Å². The van der Waals surface area contributed by atoms with Gasteiger partial charge in [0.15, 0.2) is 0 Å². The van der Waals surface area contributed by atoms with Crippen molar-refractivity contribution in [2.45, 2.75) is 49.1 Å². The molecule has 1 saturated carbocycles. The molecule has 1 fully saturated rings. The molecule has 2 N–H and O–H groups in total. The number of carboxylic acids is 1. The molecule has 5 heteroatoms. The zero-order valence-electron chi connectivity index (χ0n) is 11.6. The van der Waals surface area contributed by atoms with Crippen LogP contribution in [0.15, 0.2) is 29.2 Å². The van der Waals surface area contributed by atoms with E-state index in [9.17, 15) is 14.3 Å². The van der Waals surface area contributed by atoms with Crippen LogP contribution in [-0.4, -0.2) is 28.4 Å². The fraction of sp³-hybridized carbons (Fsp3) is 0.533. The second kappa shape index (κ2) is 6.59. The van der Waals surface area contributed by atoms with Crippen molar-refractivity contribution < 1.29 is 14.3 Å². The van der Waals surface area contributed by atoms with Gasteiger partial charge in [0.2, 0.25) is 0 Å². The summed E-state index contributed by atoms with van der Waals surface area (Å²) in [6.07, 6.45) is 3.51. The van der Waals surface area contributed by atoms with E-state index in [2.05, 4.69) is 5.32 Å². The molecule has 0 amide bonds. The Morgan fingerprint density at radius 3 is 2.90 bits per heavy atom. The smallest absolute Gasteiger partial charge is 0.323 e. The minimum absolute atomic E-state index is 0.235. The number of halogens is 1. The summed E-state index contributed by atoms with van der Waals surface area (Å²) >= 11 is 1.56. The molecular weight excluding hydrogens is 277 g/mol. The van der Waals surface area contributed by atoms with Crippen LogP contribution in [0, 0.1) is 5.82 Å². The molecule has 1 unspecified atom stereocenters. The van der Waals surface area contributed by atoms with E-state index in [4.69, 9.17) is 0 Å². The van der Waals surface area contributed by atoms with Crippen LogP contribution in [-0.2, 0) is 4.79 Å². The van der Waals surface area contributed by atoms with E-state index in [0.717, 1.165) is 29.9 Å². The molecule has 1 aromatic rings. The first-order valence-corrected chi connectivity index (χ1v) is 7.88. The molecule has 0 heterocycles. The average molecular weight is 297 g/mol. The van der Waals surface area contributed by atoms with Gasteiger partial charge >= 0.3 is 5.97 Å². The van der Waals surface area contributed by atoms with Crippen molar-refractivity contribution in [3.63, 3.8) is 0 Å². The Hall–Kier alpha value is -1.07. The molecule has 1 aromatic carbocycles. The summed E-state index contributed by atoms with van der Waals surface area (Å²) in [6, 6.07) is 6.85. The number of carboxylic acid groups (broad SMARTS) is 1. The Labute approximate surface area is 123 Å². The predicted octanol–water partition coefficient (Wildman–Crippen LogP) is 3.29. The number of aliphatic carboxylic acids is 1. The first kappa shape index (κ1) is 15.3. The summed E-state index contributed by atoms with van der Waals surface area (Å²) in [6.45, 7) is 1.75. The van der Waals surface area contributed by atoms with Gasteiger partial charge in [-0.25, -0.2) is 4.39 Å². The third kappa shape index (κ3) is 4.49. The van der Waals surface area contributed by atoms with Gasteiger partial charge in [0.25, 0.3) is 0 Å². The number of carbonyl (C=O) groups is 1. The largest absolute Gasteiger partial charge is 0.480 e.